The quantitative estimate of drug-likeness (QED) is 0.377. The van der Waals surface area contributed by atoms with E-state index in [1.165, 1.54) is 44.3 Å². The van der Waals surface area contributed by atoms with Gasteiger partial charge in [0.05, 0.1) is 11.9 Å². The van der Waals surface area contributed by atoms with Crippen molar-refractivity contribution in [2.24, 2.45) is 12.0 Å². The molecule has 2 atom stereocenters. The van der Waals surface area contributed by atoms with E-state index < -0.39 is 0 Å². The van der Waals surface area contributed by atoms with Gasteiger partial charge in [-0.1, -0.05) is 13.3 Å². The lowest BCUT2D eigenvalue weighted by atomic mass is 10.0. The molecule has 3 heterocycles. The van der Waals surface area contributed by atoms with Crippen molar-refractivity contribution < 1.29 is 0 Å². The lowest BCUT2D eigenvalue weighted by Gasteiger charge is -2.36. The third kappa shape index (κ3) is 6.23. The maximum Gasteiger partial charge on any atom is 0.191 e. The van der Waals surface area contributed by atoms with E-state index in [-0.39, 0.29) is 24.0 Å². The summed E-state index contributed by atoms with van der Waals surface area (Å²) in [5.41, 5.74) is 1.21. The molecule has 0 spiro atoms. The van der Waals surface area contributed by atoms with E-state index in [4.69, 9.17) is 0 Å². The minimum atomic E-state index is 0. The molecule has 3 rings (SSSR count). The van der Waals surface area contributed by atoms with Crippen molar-refractivity contribution in [1.29, 1.82) is 0 Å². The molecule has 2 aliphatic rings. The minimum absolute atomic E-state index is 0. The zero-order chi connectivity index (χ0) is 18.4. The van der Waals surface area contributed by atoms with Gasteiger partial charge in [-0.3, -0.25) is 14.6 Å². The van der Waals surface area contributed by atoms with Gasteiger partial charge in [-0.25, -0.2) is 0 Å². The zero-order valence-corrected chi connectivity index (χ0v) is 19.4. The summed E-state index contributed by atoms with van der Waals surface area (Å²) in [7, 11) is 3.84. The van der Waals surface area contributed by atoms with Gasteiger partial charge in [-0.15, -0.1) is 24.0 Å². The maximum atomic E-state index is 4.46. The molecule has 0 amide bonds. The van der Waals surface area contributed by atoms with Crippen molar-refractivity contribution in [3.8, 4) is 0 Å². The predicted molar refractivity (Wildman–Crippen MR) is 123 cm³/mol. The molecule has 0 saturated carbocycles. The summed E-state index contributed by atoms with van der Waals surface area (Å²) in [6.07, 6.45) is 10.4. The molecule has 27 heavy (non-hydrogen) atoms. The van der Waals surface area contributed by atoms with Crippen molar-refractivity contribution in [2.45, 2.75) is 51.1 Å². The lowest BCUT2D eigenvalue weighted by molar-refractivity contribution is 0.157. The monoisotopic (exact) mass is 489 g/mol. The van der Waals surface area contributed by atoms with Gasteiger partial charge in [-0.05, 0) is 38.8 Å². The molecule has 2 N–H and O–H groups in total. The second-order valence-corrected chi connectivity index (χ2v) is 7.53. The normalized spacial score (nSPS) is 24.4. The SMILES string of the molecule is CCN1CCCCC1CNC(=NC)NC1CCCN(c2cnn(C)c2)C1.I. The highest BCUT2D eigenvalue weighted by Crippen LogP contribution is 2.19. The van der Waals surface area contributed by atoms with Gasteiger partial charge in [0.25, 0.3) is 0 Å². The Kier molecular flexibility index (Phi) is 9.14. The Bertz CT molecular complexity index is 588. The summed E-state index contributed by atoms with van der Waals surface area (Å²) in [6.45, 7) is 7.71. The van der Waals surface area contributed by atoms with Gasteiger partial charge in [0, 0.05) is 52.0 Å². The first-order chi connectivity index (χ1) is 12.7. The Morgan fingerprint density at radius 1 is 1.26 bits per heavy atom. The molecular weight excluding hydrogens is 453 g/mol. The first-order valence-electron chi connectivity index (χ1n) is 10.1. The lowest BCUT2D eigenvalue weighted by Crippen LogP contribution is -2.54. The van der Waals surface area contributed by atoms with E-state index in [0.717, 1.165) is 32.1 Å². The third-order valence-electron chi connectivity index (χ3n) is 5.70. The first kappa shape index (κ1) is 22.3. The van der Waals surface area contributed by atoms with Crippen LogP contribution in [-0.4, -0.2) is 72.5 Å². The predicted octanol–water partition coefficient (Wildman–Crippen LogP) is 2.05. The number of aromatic nitrogens is 2. The molecule has 8 heteroatoms. The maximum absolute atomic E-state index is 4.46. The van der Waals surface area contributed by atoms with Gasteiger partial charge in [-0.2, -0.15) is 5.10 Å². The van der Waals surface area contributed by atoms with Crippen LogP contribution >= 0.6 is 24.0 Å². The zero-order valence-electron chi connectivity index (χ0n) is 17.0. The second-order valence-electron chi connectivity index (χ2n) is 7.53. The second kappa shape index (κ2) is 11.1. The molecule has 154 valence electrons. The number of anilines is 1. The van der Waals surface area contributed by atoms with Crippen LogP contribution in [-0.2, 0) is 7.05 Å². The fourth-order valence-electron chi connectivity index (χ4n) is 4.21. The summed E-state index contributed by atoms with van der Waals surface area (Å²) in [5.74, 6) is 0.935. The summed E-state index contributed by atoms with van der Waals surface area (Å²) >= 11 is 0. The molecular formula is C19H36IN7. The van der Waals surface area contributed by atoms with Gasteiger partial charge in [0.15, 0.2) is 5.96 Å². The molecule has 0 radical (unpaired) electrons. The molecule has 2 fully saturated rings. The van der Waals surface area contributed by atoms with E-state index >= 15 is 0 Å². The molecule has 1 aromatic heterocycles. The third-order valence-corrected chi connectivity index (χ3v) is 5.70. The Hall–Kier alpha value is -1.03. The van der Waals surface area contributed by atoms with Crippen LogP contribution in [0.1, 0.15) is 39.0 Å². The fourth-order valence-corrected chi connectivity index (χ4v) is 4.21. The van der Waals surface area contributed by atoms with Crippen molar-refractivity contribution in [1.82, 2.24) is 25.3 Å². The Morgan fingerprint density at radius 3 is 2.81 bits per heavy atom. The smallest absolute Gasteiger partial charge is 0.191 e. The number of likely N-dealkylation sites (tertiary alicyclic amines) is 1. The summed E-state index contributed by atoms with van der Waals surface area (Å²) < 4.78 is 1.87. The van der Waals surface area contributed by atoms with E-state index in [2.05, 4.69) is 43.6 Å². The number of aliphatic imine (C=N–C) groups is 1. The van der Waals surface area contributed by atoms with Crippen molar-refractivity contribution >= 4 is 35.6 Å². The summed E-state index contributed by atoms with van der Waals surface area (Å²) in [5, 5.41) is 11.5. The highest BCUT2D eigenvalue weighted by molar-refractivity contribution is 14.0. The molecule has 1 aromatic rings. The molecule has 2 saturated heterocycles. The van der Waals surface area contributed by atoms with Crippen LogP contribution < -0.4 is 15.5 Å². The number of hydrogen-bond donors (Lipinski definition) is 2. The summed E-state index contributed by atoms with van der Waals surface area (Å²) in [6, 6.07) is 1.05. The molecule has 2 aliphatic heterocycles. The topological polar surface area (TPSA) is 60.7 Å². The van der Waals surface area contributed by atoms with Crippen molar-refractivity contribution in [3.63, 3.8) is 0 Å². The van der Waals surface area contributed by atoms with E-state index in [9.17, 15) is 0 Å². The Labute approximate surface area is 181 Å². The van der Waals surface area contributed by atoms with Crippen LogP contribution in [0.25, 0.3) is 0 Å². The number of aryl methyl sites for hydroxylation is 1. The first-order valence-corrected chi connectivity index (χ1v) is 10.1. The largest absolute Gasteiger partial charge is 0.367 e. The number of nitrogens with one attached hydrogen (secondary N) is 2. The van der Waals surface area contributed by atoms with Crippen LogP contribution in [0.4, 0.5) is 5.69 Å². The van der Waals surface area contributed by atoms with Gasteiger partial charge < -0.3 is 15.5 Å². The number of rotatable bonds is 5. The average molecular weight is 489 g/mol. The van der Waals surface area contributed by atoms with Gasteiger partial charge in [0.2, 0.25) is 0 Å². The van der Waals surface area contributed by atoms with Gasteiger partial charge in [0.1, 0.15) is 0 Å². The number of hydrogen-bond acceptors (Lipinski definition) is 4. The number of nitrogens with zero attached hydrogens (tertiary/aromatic N) is 5. The molecule has 2 unspecified atom stereocenters. The van der Waals surface area contributed by atoms with Gasteiger partial charge >= 0.3 is 0 Å². The minimum Gasteiger partial charge on any atom is -0.367 e. The summed E-state index contributed by atoms with van der Waals surface area (Å²) in [4.78, 5) is 9.47. The van der Waals surface area contributed by atoms with Crippen LogP contribution in [0, 0.1) is 0 Å². The van der Waals surface area contributed by atoms with Crippen LogP contribution in [0.3, 0.4) is 0 Å². The van der Waals surface area contributed by atoms with Crippen LogP contribution in [0.5, 0.6) is 0 Å². The number of guanidine groups is 1. The molecule has 7 nitrogen and oxygen atoms in total. The number of likely N-dealkylation sites (N-methyl/N-ethyl adjacent to an activating group) is 1. The van der Waals surface area contributed by atoms with Crippen molar-refractivity contribution in [2.75, 3.05) is 44.7 Å². The number of piperidine rings is 2. The highest BCUT2D eigenvalue weighted by atomic mass is 127. The van der Waals surface area contributed by atoms with Crippen LogP contribution in [0.15, 0.2) is 17.4 Å². The fraction of sp³-hybridized carbons (Fsp3) is 0.789. The highest BCUT2D eigenvalue weighted by Gasteiger charge is 2.23. The van der Waals surface area contributed by atoms with E-state index in [1.54, 1.807) is 0 Å². The van der Waals surface area contributed by atoms with E-state index in [0.29, 0.717) is 12.1 Å². The van der Waals surface area contributed by atoms with E-state index in [1.807, 2.05) is 25.0 Å². The van der Waals surface area contributed by atoms with Crippen LogP contribution in [0.2, 0.25) is 0 Å². The number of halogens is 1. The molecule has 0 bridgehead atoms. The Morgan fingerprint density at radius 2 is 2.11 bits per heavy atom. The molecule has 0 aromatic carbocycles. The average Bonchev–Trinajstić information content (AvgIpc) is 3.12. The standard InChI is InChI=1S/C19H35N7.HI/c1-4-25-10-6-5-9-17(25)12-21-19(20-2)23-16-8-7-11-26(14-16)18-13-22-24(3)15-18;/h13,15-17H,4-12,14H2,1-3H3,(H2,20,21,23);1H. The Balaban J connectivity index is 0.00000261. The molecule has 0 aliphatic carbocycles. The van der Waals surface area contributed by atoms with Crippen molar-refractivity contribution in [3.05, 3.63) is 12.4 Å².